The maximum Gasteiger partial charge on any atom is 0.254 e. The molecule has 0 radical (unpaired) electrons. The monoisotopic (exact) mass is 284 g/mol. The lowest BCUT2D eigenvalue weighted by Gasteiger charge is -2.28. The quantitative estimate of drug-likeness (QED) is 0.848. The predicted octanol–water partition coefficient (Wildman–Crippen LogP) is 2.57. The van der Waals surface area contributed by atoms with Crippen molar-refractivity contribution in [2.75, 3.05) is 13.1 Å². The van der Waals surface area contributed by atoms with Gasteiger partial charge in [-0.3, -0.25) is 4.79 Å². The first-order valence-electron chi connectivity index (χ1n) is 7.64. The van der Waals surface area contributed by atoms with Crippen molar-refractivity contribution in [1.29, 1.82) is 0 Å². The molecule has 2 N–H and O–H groups in total. The Kier molecular flexibility index (Phi) is 5.03. The van der Waals surface area contributed by atoms with E-state index in [4.69, 9.17) is 5.73 Å². The fraction of sp³-hybridized carbons (Fsp3) is 0.500. The van der Waals surface area contributed by atoms with Crippen LogP contribution in [0, 0.1) is 24.7 Å². The average molecular weight is 284 g/mol. The molecule has 2 rings (SSSR count). The van der Waals surface area contributed by atoms with Crippen molar-refractivity contribution in [2.24, 2.45) is 11.7 Å². The molecular weight excluding hydrogens is 260 g/mol. The van der Waals surface area contributed by atoms with Crippen LogP contribution < -0.4 is 5.73 Å². The summed E-state index contributed by atoms with van der Waals surface area (Å²) >= 11 is 0. The van der Waals surface area contributed by atoms with Gasteiger partial charge in [-0.05, 0) is 49.4 Å². The van der Waals surface area contributed by atoms with Crippen LogP contribution in [0.1, 0.15) is 48.2 Å². The second-order valence-corrected chi connectivity index (χ2v) is 6.05. The van der Waals surface area contributed by atoms with Gasteiger partial charge in [-0.2, -0.15) is 0 Å². The summed E-state index contributed by atoms with van der Waals surface area (Å²) in [4.78, 5) is 14.8. The lowest BCUT2D eigenvalue weighted by atomic mass is 10.0. The first kappa shape index (κ1) is 15.6. The van der Waals surface area contributed by atoms with Gasteiger partial charge in [0, 0.05) is 23.7 Å². The number of rotatable bonds is 2. The zero-order valence-electron chi connectivity index (χ0n) is 13.1. The summed E-state index contributed by atoms with van der Waals surface area (Å²) in [6, 6.07) is 6.18. The standard InChI is InChI=1S/C18H24N2O/c1-13(2)17-7-5-9-20(17)18(21)16-11-14(3)10-15(12-16)6-4-8-19/h10-13,17H,5,7-9,19H2,1-3H3. The van der Waals surface area contributed by atoms with Crippen molar-refractivity contribution in [1.82, 2.24) is 4.90 Å². The van der Waals surface area contributed by atoms with Crippen LogP contribution in [0.2, 0.25) is 0 Å². The number of likely N-dealkylation sites (tertiary alicyclic amines) is 1. The predicted molar refractivity (Wildman–Crippen MR) is 86.0 cm³/mol. The zero-order chi connectivity index (χ0) is 15.4. The van der Waals surface area contributed by atoms with Crippen molar-refractivity contribution in [3.8, 4) is 11.8 Å². The highest BCUT2D eigenvalue weighted by Gasteiger charge is 2.31. The van der Waals surface area contributed by atoms with Crippen molar-refractivity contribution in [3.63, 3.8) is 0 Å². The van der Waals surface area contributed by atoms with Gasteiger partial charge >= 0.3 is 0 Å². The minimum atomic E-state index is 0.130. The Morgan fingerprint density at radius 3 is 2.86 bits per heavy atom. The zero-order valence-corrected chi connectivity index (χ0v) is 13.1. The van der Waals surface area contributed by atoms with E-state index >= 15 is 0 Å². The Morgan fingerprint density at radius 2 is 2.19 bits per heavy atom. The molecule has 0 aromatic heterocycles. The Morgan fingerprint density at radius 1 is 1.43 bits per heavy atom. The molecule has 1 aromatic rings. The molecule has 112 valence electrons. The molecule has 1 aromatic carbocycles. The van der Waals surface area contributed by atoms with Crippen LogP contribution >= 0.6 is 0 Å². The van der Waals surface area contributed by atoms with E-state index in [1.807, 2.05) is 30.0 Å². The molecule has 1 heterocycles. The number of hydrogen-bond donors (Lipinski definition) is 1. The molecule has 1 amide bonds. The van der Waals surface area contributed by atoms with Crippen molar-refractivity contribution >= 4 is 5.91 Å². The van der Waals surface area contributed by atoms with Crippen LogP contribution in [0.25, 0.3) is 0 Å². The number of nitrogens with zero attached hydrogens (tertiary/aromatic N) is 1. The summed E-state index contributed by atoms with van der Waals surface area (Å²) in [7, 11) is 0. The molecule has 0 bridgehead atoms. The van der Waals surface area contributed by atoms with Crippen molar-refractivity contribution in [2.45, 2.75) is 39.7 Å². The van der Waals surface area contributed by atoms with Crippen LogP contribution in [0.5, 0.6) is 0 Å². The molecular formula is C18H24N2O. The lowest BCUT2D eigenvalue weighted by molar-refractivity contribution is 0.0701. The smallest absolute Gasteiger partial charge is 0.254 e. The normalized spacial score (nSPS) is 17.8. The van der Waals surface area contributed by atoms with E-state index in [-0.39, 0.29) is 5.91 Å². The van der Waals surface area contributed by atoms with Gasteiger partial charge in [-0.25, -0.2) is 0 Å². The largest absolute Gasteiger partial charge is 0.335 e. The molecule has 21 heavy (non-hydrogen) atoms. The molecule has 3 heteroatoms. The highest BCUT2D eigenvalue weighted by molar-refractivity contribution is 5.95. The molecule has 0 saturated carbocycles. The van der Waals surface area contributed by atoms with Gasteiger partial charge in [-0.1, -0.05) is 25.7 Å². The van der Waals surface area contributed by atoms with E-state index in [9.17, 15) is 4.79 Å². The van der Waals surface area contributed by atoms with Gasteiger partial charge in [0.05, 0.1) is 6.54 Å². The summed E-state index contributed by atoms with van der Waals surface area (Å²) in [5.41, 5.74) is 8.08. The molecule has 1 atom stereocenters. The Bertz CT molecular complexity index is 581. The number of nitrogens with two attached hydrogens (primary N) is 1. The summed E-state index contributed by atoms with van der Waals surface area (Å²) in [6.45, 7) is 7.56. The van der Waals surface area contributed by atoms with E-state index < -0.39 is 0 Å². The van der Waals surface area contributed by atoms with E-state index in [1.54, 1.807) is 0 Å². The lowest BCUT2D eigenvalue weighted by Crippen LogP contribution is -2.38. The summed E-state index contributed by atoms with van der Waals surface area (Å²) in [5.74, 6) is 6.49. The highest BCUT2D eigenvalue weighted by atomic mass is 16.2. The van der Waals surface area contributed by atoms with Crippen molar-refractivity contribution < 1.29 is 4.79 Å². The maximum atomic E-state index is 12.8. The summed E-state index contributed by atoms with van der Waals surface area (Å²) in [6.07, 6.45) is 2.20. The topological polar surface area (TPSA) is 46.3 Å². The fourth-order valence-electron chi connectivity index (χ4n) is 3.04. The van der Waals surface area contributed by atoms with E-state index in [0.717, 1.165) is 36.1 Å². The molecule has 1 aliphatic rings. The van der Waals surface area contributed by atoms with E-state index in [0.29, 0.717) is 18.5 Å². The number of aryl methyl sites for hydroxylation is 1. The highest BCUT2D eigenvalue weighted by Crippen LogP contribution is 2.26. The van der Waals surface area contributed by atoms with Crippen LogP contribution in [-0.4, -0.2) is 29.9 Å². The van der Waals surface area contributed by atoms with Crippen LogP contribution in [0.4, 0.5) is 0 Å². The Labute approximate surface area is 127 Å². The van der Waals surface area contributed by atoms with Crippen LogP contribution in [-0.2, 0) is 0 Å². The number of benzene rings is 1. The molecule has 0 aliphatic carbocycles. The SMILES string of the molecule is Cc1cc(C#CCN)cc(C(=O)N2CCCC2C(C)C)c1. The Balaban J connectivity index is 2.28. The molecule has 1 unspecified atom stereocenters. The van der Waals surface area contributed by atoms with E-state index in [1.165, 1.54) is 0 Å². The third-order valence-electron chi connectivity index (χ3n) is 3.99. The molecule has 1 fully saturated rings. The van der Waals surface area contributed by atoms with Crippen molar-refractivity contribution in [3.05, 3.63) is 34.9 Å². The van der Waals surface area contributed by atoms with Crippen LogP contribution in [0.3, 0.4) is 0 Å². The molecule has 1 saturated heterocycles. The van der Waals surface area contributed by atoms with Gasteiger partial charge in [0.2, 0.25) is 0 Å². The number of carbonyl (C=O) groups is 1. The van der Waals surface area contributed by atoms with Gasteiger partial charge in [0.1, 0.15) is 0 Å². The van der Waals surface area contributed by atoms with Crippen LogP contribution in [0.15, 0.2) is 18.2 Å². The minimum Gasteiger partial charge on any atom is -0.335 e. The van der Waals surface area contributed by atoms with Gasteiger partial charge < -0.3 is 10.6 Å². The van der Waals surface area contributed by atoms with Gasteiger partial charge in [0.15, 0.2) is 0 Å². The first-order valence-corrected chi connectivity index (χ1v) is 7.64. The average Bonchev–Trinajstić information content (AvgIpc) is 2.93. The summed E-state index contributed by atoms with van der Waals surface area (Å²) < 4.78 is 0. The number of hydrogen-bond acceptors (Lipinski definition) is 2. The van der Waals surface area contributed by atoms with Gasteiger partial charge in [-0.15, -0.1) is 0 Å². The second-order valence-electron chi connectivity index (χ2n) is 6.05. The Hall–Kier alpha value is -1.79. The minimum absolute atomic E-state index is 0.130. The molecule has 0 spiro atoms. The number of carbonyl (C=O) groups excluding carboxylic acids is 1. The number of amides is 1. The third-order valence-corrected chi connectivity index (χ3v) is 3.99. The van der Waals surface area contributed by atoms with Gasteiger partial charge in [0.25, 0.3) is 5.91 Å². The van der Waals surface area contributed by atoms with E-state index in [2.05, 4.69) is 25.7 Å². The fourth-order valence-corrected chi connectivity index (χ4v) is 3.04. The second kappa shape index (κ2) is 6.78. The molecule has 3 nitrogen and oxygen atoms in total. The first-order chi connectivity index (χ1) is 10.0. The third kappa shape index (κ3) is 3.65. The maximum absolute atomic E-state index is 12.8. The summed E-state index contributed by atoms with van der Waals surface area (Å²) in [5, 5.41) is 0. The molecule has 1 aliphatic heterocycles.